The monoisotopic (exact) mass is 369 g/mol. The number of nitrogens with zero attached hydrogens (tertiary/aromatic N) is 5. The molecule has 0 N–H and O–H groups in total. The summed E-state index contributed by atoms with van der Waals surface area (Å²) in [6.07, 6.45) is 3.37. The molecule has 1 saturated heterocycles. The van der Waals surface area contributed by atoms with E-state index in [9.17, 15) is 9.59 Å². The van der Waals surface area contributed by atoms with Crippen molar-refractivity contribution in [2.45, 2.75) is 31.9 Å². The number of amides is 2. The number of hydrogen-bond acceptors (Lipinski definition) is 5. The van der Waals surface area contributed by atoms with Crippen molar-refractivity contribution in [1.29, 1.82) is 0 Å². The molecule has 1 fully saturated rings. The molecule has 0 bridgehead atoms. The van der Waals surface area contributed by atoms with E-state index in [1.54, 1.807) is 34.7 Å². The summed E-state index contributed by atoms with van der Waals surface area (Å²) >= 11 is 0. The van der Waals surface area contributed by atoms with E-state index in [1.807, 2.05) is 24.3 Å². The number of carbonyl (C=O) groups excluding carboxylic acids is 2. The predicted molar refractivity (Wildman–Crippen MR) is 98.6 cm³/mol. The maximum atomic E-state index is 12.7. The lowest BCUT2D eigenvalue weighted by Crippen LogP contribution is -2.36. The Morgan fingerprint density at radius 2 is 2.00 bits per heavy atom. The third-order valence-corrected chi connectivity index (χ3v) is 5.41. The highest BCUT2D eigenvalue weighted by Gasteiger charge is 2.31. The normalized spacial score (nSPS) is 22.0. The first-order valence-electron chi connectivity index (χ1n) is 9.19. The SMILES string of the molecule is COC1CCN(C(=O)c2cn(C3CCN(C(C)=O)c4ccccc43)nn2)C1. The average Bonchev–Trinajstić information content (AvgIpc) is 3.36. The molecule has 27 heavy (non-hydrogen) atoms. The van der Waals surface area contributed by atoms with E-state index in [1.165, 1.54) is 0 Å². The molecule has 3 heterocycles. The van der Waals surface area contributed by atoms with Crippen molar-refractivity contribution < 1.29 is 14.3 Å². The van der Waals surface area contributed by atoms with E-state index in [4.69, 9.17) is 4.74 Å². The molecule has 2 unspecified atom stereocenters. The minimum atomic E-state index is -0.116. The Morgan fingerprint density at radius 1 is 1.19 bits per heavy atom. The number of fused-ring (bicyclic) bond motifs is 1. The highest BCUT2D eigenvalue weighted by Crippen LogP contribution is 2.35. The quantitative estimate of drug-likeness (QED) is 0.819. The zero-order chi connectivity index (χ0) is 19.0. The van der Waals surface area contributed by atoms with E-state index in [2.05, 4.69) is 10.3 Å². The van der Waals surface area contributed by atoms with Crippen molar-refractivity contribution in [2.75, 3.05) is 31.6 Å². The van der Waals surface area contributed by atoms with E-state index < -0.39 is 0 Å². The van der Waals surface area contributed by atoms with Crippen LogP contribution in [0.1, 0.15) is 41.9 Å². The zero-order valence-corrected chi connectivity index (χ0v) is 15.5. The van der Waals surface area contributed by atoms with Crippen LogP contribution in [0, 0.1) is 0 Å². The van der Waals surface area contributed by atoms with Gasteiger partial charge in [0, 0.05) is 44.9 Å². The maximum absolute atomic E-state index is 12.7. The summed E-state index contributed by atoms with van der Waals surface area (Å²) in [5.74, 6) is -0.0904. The Kier molecular flexibility index (Phi) is 4.65. The Hall–Kier alpha value is -2.74. The molecule has 0 aliphatic carbocycles. The molecule has 2 aliphatic rings. The molecular weight excluding hydrogens is 346 g/mol. The van der Waals surface area contributed by atoms with Gasteiger partial charge in [0.1, 0.15) is 0 Å². The Balaban J connectivity index is 1.58. The van der Waals surface area contributed by atoms with Crippen LogP contribution in [-0.2, 0) is 9.53 Å². The first-order chi connectivity index (χ1) is 13.1. The van der Waals surface area contributed by atoms with Gasteiger partial charge in [0.15, 0.2) is 5.69 Å². The van der Waals surface area contributed by atoms with Gasteiger partial charge < -0.3 is 14.5 Å². The zero-order valence-electron chi connectivity index (χ0n) is 15.5. The number of anilines is 1. The van der Waals surface area contributed by atoms with Gasteiger partial charge in [0.2, 0.25) is 5.91 Å². The van der Waals surface area contributed by atoms with Gasteiger partial charge in [-0.25, -0.2) is 4.68 Å². The van der Waals surface area contributed by atoms with Gasteiger partial charge in [-0.05, 0) is 18.9 Å². The molecule has 1 aromatic carbocycles. The third-order valence-electron chi connectivity index (χ3n) is 5.41. The fourth-order valence-electron chi connectivity index (χ4n) is 3.94. The van der Waals surface area contributed by atoms with Crippen molar-refractivity contribution in [3.05, 3.63) is 41.7 Å². The molecule has 1 aromatic heterocycles. The highest BCUT2D eigenvalue weighted by molar-refractivity contribution is 5.93. The number of methoxy groups -OCH3 is 1. The molecule has 2 amide bonds. The second kappa shape index (κ2) is 7.11. The van der Waals surface area contributed by atoms with Crippen LogP contribution in [0.4, 0.5) is 5.69 Å². The molecule has 8 heteroatoms. The van der Waals surface area contributed by atoms with E-state index in [0.29, 0.717) is 25.3 Å². The summed E-state index contributed by atoms with van der Waals surface area (Å²) in [6.45, 7) is 3.44. The lowest BCUT2D eigenvalue weighted by molar-refractivity contribution is -0.116. The van der Waals surface area contributed by atoms with Crippen LogP contribution in [0.15, 0.2) is 30.5 Å². The first-order valence-corrected chi connectivity index (χ1v) is 9.19. The lowest BCUT2D eigenvalue weighted by Gasteiger charge is -2.33. The standard InChI is InChI=1S/C19H23N5O3/c1-13(25)23-10-8-18(15-5-3-4-6-17(15)23)24-12-16(20-21-24)19(26)22-9-7-14(11-22)27-2/h3-6,12,14,18H,7-11H2,1-2H3. The topological polar surface area (TPSA) is 80.6 Å². The molecule has 4 rings (SSSR count). The predicted octanol–water partition coefficient (Wildman–Crippen LogP) is 1.48. The van der Waals surface area contributed by atoms with Crippen molar-refractivity contribution in [1.82, 2.24) is 19.9 Å². The second-order valence-electron chi connectivity index (χ2n) is 7.02. The maximum Gasteiger partial charge on any atom is 0.276 e. The van der Waals surface area contributed by atoms with Gasteiger partial charge in [-0.1, -0.05) is 23.4 Å². The fourth-order valence-corrected chi connectivity index (χ4v) is 3.94. The van der Waals surface area contributed by atoms with Gasteiger partial charge in [0.25, 0.3) is 5.91 Å². The molecular formula is C19H23N5O3. The summed E-state index contributed by atoms with van der Waals surface area (Å²) in [6, 6.07) is 7.78. The van der Waals surface area contributed by atoms with Crippen LogP contribution in [0.25, 0.3) is 0 Å². The molecule has 0 radical (unpaired) electrons. The largest absolute Gasteiger partial charge is 0.380 e. The van der Waals surface area contributed by atoms with Crippen molar-refractivity contribution in [3.8, 4) is 0 Å². The van der Waals surface area contributed by atoms with Gasteiger partial charge >= 0.3 is 0 Å². The van der Waals surface area contributed by atoms with Gasteiger partial charge in [0.05, 0.1) is 18.3 Å². The van der Waals surface area contributed by atoms with Gasteiger partial charge in [-0.2, -0.15) is 0 Å². The van der Waals surface area contributed by atoms with Crippen molar-refractivity contribution >= 4 is 17.5 Å². The number of benzene rings is 1. The summed E-state index contributed by atoms with van der Waals surface area (Å²) in [7, 11) is 1.67. The number of rotatable bonds is 3. The minimum absolute atomic E-state index is 0.0251. The van der Waals surface area contributed by atoms with Crippen molar-refractivity contribution in [3.63, 3.8) is 0 Å². The van der Waals surface area contributed by atoms with Gasteiger partial charge in [-0.15, -0.1) is 5.10 Å². The molecule has 0 spiro atoms. The van der Waals surface area contributed by atoms with Crippen LogP contribution in [-0.4, -0.2) is 64.6 Å². The molecule has 0 saturated carbocycles. The first kappa shape index (κ1) is 17.7. The Morgan fingerprint density at radius 3 is 2.74 bits per heavy atom. The number of para-hydroxylation sites is 1. The molecule has 142 valence electrons. The fraction of sp³-hybridized carbons (Fsp3) is 0.474. The van der Waals surface area contributed by atoms with Gasteiger partial charge in [-0.3, -0.25) is 9.59 Å². The van der Waals surface area contributed by atoms with Crippen LogP contribution < -0.4 is 4.90 Å². The summed E-state index contributed by atoms with van der Waals surface area (Å²) in [5, 5.41) is 8.34. The number of likely N-dealkylation sites (tertiary alicyclic amines) is 1. The Labute approximate surface area is 157 Å². The highest BCUT2D eigenvalue weighted by atomic mass is 16.5. The number of hydrogen-bond donors (Lipinski definition) is 0. The Bertz CT molecular complexity index is 865. The summed E-state index contributed by atoms with van der Waals surface area (Å²) in [4.78, 5) is 28.2. The molecule has 2 aliphatic heterocycles. The van der Waals surface area contributed by atoms with E-state index in [0.717, 1.165) is 24.1 Å². The number of ether oxygens (including phenoxy) is 1. The average molecular weight is 369 g/mol. The van der Waals surface area contributed by atoms with Crippen LogP contribution >= 0.6 is 0 Å². The van der Waals surface area contributed by atoms with Crippen molar-refractivity contribution in [2.24, 2.45) is 0 Å². The lowest BCUT2D eigenvalue weighted by atomic mass is 9.96. The number of carbonyl (C=O) groups is 2. The van der Waals surface area contributed by atoms with Crippen LogP contribution in [0.3, 0.4) is 0 Å². The summed E-state index contributed by atoms with van der Waals surface area (Å²) in [5.41, 5.74) is 2.26. The third kappa shape index (κ3) is 3.21. The molecule has 8 nitrogen and oxygen atoms in total. The summed E-state index contributed by atoms with van der Waals surface area (Å²) < 4.78 is 7.07. The van der Waals surface area contributed by atoms with Crippen LogP contribution in [0.2, 0.25) is 0 Å². The van der Waals surface area contributed by atoms with E-state index in [-0.39, 0.29) is 24.0 Å². The molecule has 2 atom stereocenters. The minimum Gasteiger partial charge on any atom is -0.380 e. The van der Waals surface area contributed by atoms with E-state index >= 15 is 0 Å². The molecule has 2 aromatic rings. The second-order valence-corrected chi connectivity index (χ2v) is 7.02. The van der Waals surface area contributed by atoms with Crippen LogP contribution in [0.5, 0.6) is 0 Å². The smallest absolute Gasteiger partial charge is 0.276 e. The number of aromatic nitrogens is 3.